The van der Waals surface area contributed by atoms with Crippen molar-refractivity contribution in [3.8, 4) is 0 Å². The number of allylic oxidation sites excluding steroid dienone is 2. The molecule has 0 amide bonds. The van der Waals surface area contributed by atoms with E-state index in [-0.39, 0.29) is 18.2 Å². The minimum absolute atomic E-state index is 0.195. The molecule has 2 aliphatic rings. The van der Waals surface area contributed by atoms with Gasteiger partial charge in [-0.15, -0.1) is 0 Å². The molecule has 0 radical (unpaired) electrons. The molecule has 1 saturated heterocycles. The Hall–Kier alpha value is -1.13. The summed E-state index contributed by atoms with van der Waals surface area (Å²) in [6.07, 6.45) is 4.83. The standard InChI is InChI=1S/C11H14O4/c1-11(2)14-8-6-4-5-7(9(8)15-11)10(12)13-3/h4-6,8-9H,1-3H3/t8-,9+/m0/s1. The predicted octanol–water partition coefficient (Wildman–Crippen LogP) is 1.18. The molecule has 2 rings (SSSR count). The number of carbonyl (C=O) groups is 1. The second-order valence-electron chi connectivity index (χ2n) is 4.02. The van der Waals surface area contributed by atoms with E-state index in [2.05, 4.69) is 4.74 Å². The Bertz CT molecular complexity index is 340. The summed E-state index contributed by atoms with van der Waals surface area (Å²) in [6.45, 7) is 3.65. The Morgan fingerprint density at radius 3 is 2.87 bits per heavy atom. The minimum atomic E-state index is -0.656. The number of hydrogen-bond acceptors (Lipinski definition) is 4. The molecule has 1 heterocycles. The third kappa shape index (κ3) is 1.82. The molecule has 1 fully saturated rings. The van der Waals surface area contributed by atoms with Gasteiger partial charge in [0.15, 0.2) is 5.79 Å². The summed E-state index contributed by atoms with van der Waals surface area (Å²) in [7, 11) is 1.36. The number of ether oxygens (including phenoxy) is 3. The molecule has 0 saturated carbocycles. The molecule has 4 heteroatoms. The summed E-state index contributed by atoms with van der Waals surface area (Å²) in [5.41, 5.74) is 0.510. The normalized spacial score (nSPS) is 32.1. The van der Waals surface area contributed by atoms with E-state index in [1.807, 2.05) is 19.9 Å². The molecule has 82 valence electrons. The third-order valence-corrected chi connectivity index (χ3v) is 2.43. The maximum Gasteiger partial charge on any atom is 0.336 e. The Kier molecular flexibility index (Phi) is 2.40. The van der Waals surface area contributed by atoms with Gasteiger partial charge in [0.25, 0.3) is 0 Å². The van der Waals surface area contributed by atoms with E-state index < -0.39 is 5.79 Å². The van der Waals surface area contributed by atoms with Crippen LogP contribution in [0.3, 0.4) is 0 Å². The summed E-state index contributed by atoms with van der Waals surface area (Å²) >= 11 is 0. The highest BCUT2D eigenvalue weighted by Crippen LogP contribution is 2.34. The van der Waals surface area contributed by atoms with Gasteiger partial charge >= 0.3 is 5.97 Å². The van der Waals surface area contributed by atoms with Gasteiger partial charge in [-0.25, -0.2) is 4.79 Å². The van der Waals surface area contributed by atoms with Crippen LogP contribution < -0.4 is 0 Å². The molecule has 0 aromatic rings. The van der Waals surface area contributed by atoms with Crippen LogP contribution in [0.4, 0.5) is 0 Å². The lowest BCUT2D eigenvalue weighted by atomic mass is 9.99. The van der Waals surface area contributed by atoms with Crippen molar-refractivity contribution in [3.63, 3.8) is 0 Å². The van der Waals surface area contributed by atoms with Crippen LogP contribution in [0, 0.1) is 0 Å². The molecular weight excluding hydrogens is 196 g/mol. The van der Waals surface area contributed by atoms with Gasteiger partial charge in [0.2, 0.25) is 0 Å². The molecule has 0 N–H and O–H groups in total. The average molecular weight is 210 g/mol. The van der Waals surface area contributed by atoms with Gasteiger partial charge in [0.05, 0.1) is 12.7 Å². The smallest absolute Gasteiger partial charge is 0.336 e. The second kappa shape index (κ2) is 3.47. The van der Waals surface area contributed by atoms with Crippen LogP contribution in [0.15, 0.2) is 23.8 Å². The summed E-state index contributed by atoms with van der Waals surface area (Å²) in [5.74, 6) is -1.02. The van der Waals surface area contributed by atoms with Crippen LogP contribution in [0.2, 0.25) is 0 Å². The highest BCUT2D eigenvalue weighted by molar-refractivity contribution is 5.90. The lowest BCUT2D eigenvalue weighted by Gasteiger charge is -2.18. The quantitative estimate of drug-likeness (QED) is 0.609. The van der Waals surface area contributed by atoms with Crippen molar-refractivity contribution in [3.05, 3.63) is 23.8 Å². The Morgan fingerprint density at radius 1 is 1.47 bits per heavy atom. The predicted molar refractivity (Wildman–Crippen MR) is 53.1 cm³/mol. The van der Waals surface area contributed by atoms with Crippen molar-refractivity contribution in [1.29, 1.82) is 0 Å². The van der Waals surface area contributed by atoms with Gasteiger partial charge < -0.3 is 14.2 Å². The number of esters is 1. The third-order valence-electron chi connectivity index (χ3n) is 2.43. The van der Waals surface area contributed by atoms with Gasteiger partial charge in [-0.3, -0.25) is 0 Å². The fraction of sp³-hybridized carbons (Fsp3) is 0.545. The molecule has 1 aliphatic carbocycles. The number of rotatable bonds is 1. The molecule has 0 spiro atoms. The Morgan fingerprint density at radius 2 is 2.20 bits per heavy atom. The van der Waals surface area contributed by atoms with Gasteiger partial charge in [-0.05, 0) is 19.9 Å². The lowest BCUT2D eigenvalue weighted by molar-refractivity contribution is -0.145. The summed E-state index contributed by atoms with van der Waals surface area (Å²) in [4.78, 5) is 11.5. The van der Waals surface area contributed by atoms with Crippen molar-refractivity contribution < 1.29 is 19.0 Å². The van der Waals surface area contributed by atoms with E-state index in [1.54, 1.807) is 12.2 Å². The van der Waals surface area contributed by atoms with Crippen LogP contribution >= 0.6 is 0 Å². The number of fused-ring (bicyclic) bond motifs is 1. The van der Waals surface area contributed by atoms with E-state index in [1.165, 1.54) is 7.11 Å². The number of hydrogen-bond donors (Lipinski definition) is 0. The first-order chi connectivity index (χ1) is 7.03. The van der Waals surface area contributed by atoms with Crippen LogP contribution in [-0.2, 0) is 19.0 Å². The molecule has 0 bridgehead atoms. The lowest BCUT2D eigenvalue weighted by Crippen LogP contribution is -2.29. The molecule has 15 heavy (non-hydrogen) atoms. The van der Waals surface area contributed by atoms with Gasteiger partial charge in [0, 0.05) is 0 Å². The van der Waals surface area contributed by atoms with E-state index in [0.717, 1.165) is 0 Å². The molecule has 0 aromatic carbocycles. The maximum absolute atomic E-state index is 11.5. The monoisotopic (exact) mass is 210 g/mol. The van der Waals surface area contributed by atoms with Crippen LogP contribution in [0.5, 0.6) is 0 Å². The van der Waals surface area contributed by atoms with Crippen molar-refractivity contribution in [2.24, 2.45) is 0 Å². The zero-order valence-corrected chi connectivity index (χ0v) is 9.02. The van der Waals surface area contributed by atoms with Crippen LogP contribution in [-0.4, -0.2) is 31.1 Å². The fourth-order valence-corrected chi connectivity index (χ4v) is 1.84. The van der Waals surface area contributed by atoms with Crippen molar-refractivity contribution in [2.45, 2.75) is 31.8 Å². The Labute approximate surface area is 88.5 Å². The highest BCUT2D eigenvalue weighted by atomic mass is 16.8. The van der Waals surface area contributed by atoms with Crippen LogP contribution in [0.1, 0.15) is 13.8 Å². The molecule has 1 aliphatic heterocycles. The molecule has 4 nitrogen and oxygen atoms in total. The highest BCUT2D eigenvalue weighted by Gasteiger charge is 2.44. The van der Waals surface area contributed by atoms with Crippen molar-refractivity contribution in [1.82, 2.24) is 0 Å². The molecule has 2 atom stereocenters. The first-order valence-corrected chi connectivity index (χ1v) is 4.86. The largest absolute Gasteiger partial charge is 0.466 e. The minimum Gasteiger partial charge on any atom is -0.466 e. The van der Waals surface area contributed by atoms with Crippen molar-refractivity contribution >= 4 is 5.97 Å². The van der Waals surface area contributed by atoms with Gasteiger partial charge in [-0.2, -0.15) is 0 Å². The number of carbonyl (C=O) groups excluding carboxylic acids is 1. The Balaban J connectivity index is 2.24. The molecule has 0 unspecified atom stereocenters. The first kappa shape index (κ1) is 10.4. The number of methoxy groups -OCH3 is 1. The zero-order valence-electron chi connectivity index (χ0n) is 9.02. The van der Waals surface area contributed by atoms with E-state index in [9.17, 15) is 4.79 Å². The van der Waals surface area contributed by atoms with Crippen LogP contribution in [0.25, 0.3) is 0 Å². The molecule has 0 aromatic heterocycles. The van der Waals surface area contributed by atoms with E-state index >= 15 is 0 Å². The summed E-state index contributed by atoms with van der Waals surface area (Å²) < 4.78 is 16.0. The summed E-state index contributed by atoms with van der Waals surface area (Å²) in [5, 5.41) is 0. The maximum atomic E-state index is 11.5. The average Bonchev–Trinajstić information content (AvgIpc) is 2.49. The van der Waals surface area contributed by atoms with Crippen molar-refractivity contribution in [2.75, 3.05) is 7.11 Å². The second-order valence-corrected chi connectivity index (χ2v) is 4.02. The fourth-order valence-electron chi connectivity index (χ4n) is 1.84. The zero-order chi connectivity index (χ0) is 11.1. The first-order valence-electron chi connectivity index (χ1n) is 4.86. The SMILES string of the molecule is COC(=O)C1=CC=C[C@@H]2OC(C)(C)O[C@H]12. The molecular formula is C11H14O4. The van der Waals surface area contributed by atoms with E-state index in [0.29, 0.717) is 5.57 Å². The van der Waals surface area contributed by atoms with Gasteiger partial charge in [0.1, 0.15) is 12.2 Å². The summed E-state index contributed by atoms with van der Waals surface area (Å²) in [6, 6.07) is 0. The van der Waals surface area contributed by atoms with Gasteiger partial charge in [-0.1, -0.05) is 12.2 Å². The topological polar surface area (TPSA) is 44.8 Å². The van der Waals surface area contributed by atoms with E-state index in [4.69, 9.17) is 9.47 Å².